The summed E-state index contributed by atoms with van der Waals surface area (Å²) in [6.45, 7) is 2.60. The van der Waals surface area contributed by atoms with Crippen LogP contribution in [0, 0.1) is 0 Å². The lowest BCUT2D eigenvalue weighted by Gasteiger charge is -2.30. The number of ether oxygens (including phenoxy) is 1. The fourth-order valence-corrected chi connectivity index (χ4v) is 6.55. The van der Waals surface area contributed by atoms with Crippen molar-refractivity contribution in [2.45, 2.75) is 25.8 Å². The lowest BCUT2D eigenvalue weighted by atomic mass is 9.85. The van der Waals surface area contributed by atoms with Crippen LogP contribution in [0.2, 0.25) is 0 Å². The van der Waals surface area contributed by atoms with Gasteiger partial charge in [-0.1, -0.05) is 53.8 Å². The number of rotatable bonds is 4. The van der Waals surface area contributed by atoms with Gasteiger partial charge in [-0.3, -0.25) is 9.36 Å². The molecule has 0 saturated heterocycles. The Kier molecular flexibility index (Phi) is 5.12. The molecule has 0 fully saturated rings. The zero-order valence-corrected chi connectivity index (χ0v) is 19.8. The number of hydrogen-bond donors (Lipinski definition) is 0. The van der Waals surface area contributed by atoms with Crippen LogP contribution < -0.4 is 19.6 Å². The predicted molar refractivity (Wildman–Crippen MR) is 135 cm³/mol. The minimum Gasteiger partial charge on any atom is -0.494 e. The van der Waals surface area contributed by atoms with E-state index in [1.54, 1.807) is 11.3 Å². The van der Waals surface area contributed by atoms with Crippen molar-refractivity contribution >= 4 is 34.4 Å². The summed E-state index contributed by atoms with van der Waals surface area (Å²) in [6.07, 6.45) is 3.85. The van der Waals surface area contributed by atoms with Gasteiger partial charge in [-0.05, 0) is 66.1 Å². The molecule has 1 atom stereocenters. The lowest BCUT2D eigenvalue weighted by molar-refractivity contribution is 0.340. The van der Waals surface area contributed by atoms with E-state index in [1.165, 1.54) is 32.9 Å². The van der Waals surface area contributed by atoms with E-state index in [9.17, 15) is 4.79 Å². The summed E-state index contributed by atoms with van der Waals surface area (Å²) in [7, 11) is 0. The highest BCUT2D eigenvalue weighted by molar-refractivity contribution is 7.10. The number of thiophene rings is 1. The maximum atomic E-state index is 13.7. The van der Waals surface area contributed by atoms with Gasteiger partial charge in [0.25, 0.3) is 5.56 Å². The first-order valence-corrected chi connectivity index (χ1v) is 12.8. The van der Waals surface area contributed by atoms with Crippen LogP contribution in [0.25, 0.3) is 11.8 Å². The van der Waals surface area contributed by atoms with Crippen molar-refractivity contribution in [3.8, 4) is 5.75 Å². The van der Waals surface area contributed by atoms with Crippen molar-refractivity contribution in [2.24, 2.45) is 4.99 Å². The SMILES string of the molecule is CCOc1ccc(C=c2sc3n(c2=O)C(c2cccs2)C2=C(N=3)c3ccccc3CC2)cc1. The maximum Gasteiger partial charge on any atom is 0.271 e. The minimum absolute atomic E-state index is 0.0245. The van der Waals surface area contributed by atoms with Crippen LogP contribution in [0.1, 0.15) is 41.0 Å². The number of aromatic nitrogens is 1. The van der Waals surface area contributed by atoms with Gasteiger partial charge in [0.05, 0.1) is 22.9 Å². The quantitative estimate of drug-likeness (QED) is 0.431. The Labute approximate surface area is 199 Å². The summed E-state index contributed by atoms with van der Waals surface area (Å²) in [4.78, 5) is 20.7. The Bertz CT molecular complexity index is 1540. The maximum absolute atomic E-state index is 13.7. The van der Waals surface area contributed by atoms with Crippen molar-refractivity contribution < 1.29 is 4.74 Å². The van der Waals surface area contributed by atoms with Crippen molar-refractivity contribution in [3.05, 3.63) is 113 Å². The summed E-state index contributed by atoms with van der Waals surface area (Å²) in [5, 5.41) is 2.09. The minimum atomic E-state index is -0.0907. The molecule has 2 aromatic heterocycles. The summed E-state index contributed by atoms with van der Waals surface area (Å²) >= 11 is 3.17. The van der Waals surface area contributed by atoms with Gasteiger partial charge < -0.3 is 4.74 Å². The average Bonchev–Trinajstić information content (AvgIpc) is 3.48. The third kappa shape index (κ3) is 3.50. The molecule has 0 spiro atoms. The third-order valence-electron chi connectivity index (χ3n) is 6.17. The molecule has 164 valence electrons. The van der Waals surface area contributed by atoms with E-state index in [2.05, 4.69) is 41.8 Å². The summed E-state index contributed by atoms with van der Waals surface area (Å²) < 4.78 is 8.15. The van der Waals surface area contributed by atoms with Gasteiger partial charge in [-0.2, -0.15) is 0 Å². The number of hydrogen-bond acceptors (Lipinski definition) is 5. The van der Waals surface area contributed by atoms with E-state index in [-0.39, 0.29) is 11.6 Å². The number of aryl methyl sites for hydroxylation is 1. The van der Waals surface area contributed by atoms with Crippen molar-refractivity contribution in [3.63, 3.8) is 0 Å². The van der Waals surface area contributed by atoms with Crippen LogP contribution in [-0.4, -0.2) is 11.2 Å². The molecular formula is C27H22N2O2S2. The molecule has 0 saturated carbocycles. The van der Waals surface area contributed by atoms with Gasteiger partial charge in [-0.25, -0.2) is 4.99 Å². The Morgan fingerprint density at radius 2 is 1.94 bits per heavy atom. The summed E-state index contributed by atoms with van der Waals surface area (Å²) in [5.41, 5.74) is 5.82. The van der Waals surface area contributed by atoms with Gasteiger partial charge in [0.15, 0.2) is 4.80 Å². The Hall–Kier alpha value is -3.22. The molecule has 1 aliphatic heterocycles. The average molecular weight is 471 g/mol. The highest BCUT2D eigenvalue weighted by Gasteiger charge is 2.32. The molecule has 2 aliphatic rings. The van der Waals surface area contributed by atoms with Crippen LogP contribution in [0.3, 0.4) is 0 Å². The molecule has 0 amide bonds. The second kappa shape index (κ2) is 8.28. The number of thiazole rings is 1. The molecule has 33 heavy (non-hydrogen) atoms. The first-order chi connectivity index (χ1) is 16.2. The first kappa shape index (κ1) is 20.4. The second-order valence-corrected chi connectivity index (χ2v) is 10.1. The molecule has 0 radical (unpaired) electrons. The van der Waals surface area contributed by atoms with Gasteiger partial charge in [0, 0.05) is 10.4 Å². The highest BCUT2D eigenvalue weighted by atomic mass is 32.1. The van der Waals surface area contributed by atoms with Crippen LogP contribution in [0.15, 0.2) is 81.4 Å². The fraction of sp³-hybridized carbons (Fsp3) is 0.185. The van der Waals surface area contributed by atoms with Crippen molar-refractivity contribution in [1.29, 1.82) is 0 Å². The molecule has 1 aliphatic carbocycles. The van der Waals surface area contributed by atoms with Gasteiger partial charge in [0.2, 0.25) is 0 Å². The van der Waals surface area contributed by atoms with Crippen molar-refractivity contribution in [2.75, 3.05) is 6.61 Å². The Balaban J connectivity index is 1.55. The third-order valence-corrected chi connectivity index (χ3v) is 8.08. The van der Waals surface area contributed by atoms with Crippen molar-refractivity contribution in [1.82, 2.24) is 4.57 Å². The molecule has 6 rings (SSSR count). The molecule has 4 aromatic rings. The van der Waals surface area contributed by atoms with E-state index in [4.69, 9.17) is 9.73 Å². The molecule has 6 heteroatoms. The Morgan fingerprint density at radius 3 is 2.73 bits per heavy atom. The summed E-state index contributed by atoms with van der Waals surface area (Å²) in [6, 6.07) is 20.5. The van der Waals surface area contributed by atoms with E-state index < -0.39 is 0 Å². The second-order valence-electron chi connectivity index (χ2n) is 8.13. The van der Waals surface area contributed by atoms with Gasteiger partial charge >= 0.3 is 0 Å². The number of allylic oxidation sites excluding steroid dienone is 1. The van der Waals surface area contributed by atoms with Crippen LogP contribution in [0.5, 0.6) is 5.75 Å². The molecule has 4 nitrogen and oxygen atoms in total. The lowest BCUT2D eigenvalue weighted by Crippen LogP contribution is -2.38. The standard InChI is InChI=1S/C27H22N2O2S2/c1-2-31-19-12-9-17(10-13-19)16-23-26(30)29-25(22-8-5-15-32-22)21-14-11-18-6-3-4-7-20(18)24(21)28-27(29)33-23/h3-10,12-13,15-16,25H,2,11,14H2,1H3. The first-order valence-electron chi connectivity index (χ1n) is 11.1. The number of nitrogens with zero attached hydrogens (tertiary/aromatic N) is 2. The van der Waals surface area contributed by atoms with Crippen LogP contribution >= 0.6 is 22.7 Å². The molecular weight excluding hydrogens is 448 g/mol. The molecule has 0 N–H and O–H groups in total. The Morgan fingerprint density at radius 1 is 1.09 bits per heavy atom. The summed E-state index contributed by atoms with van der Waals surface area (Å²) in [5.74, 6) is 0.833. The number of benzene rings is 2. The largest absolute Gasteiger partial charge is 0.494 e. The molecule has 2 aromatic carbocycles. The smallest absolute Gasteiger partial charge is 0.271 e. The highest BCUT2D eigenvalue weighted by Crippen LogP contribution is 2.42. The monoisotopic (exact) mass is 470 g/mol. The zero-order chi connectivity index (χ0) is 22.4. The predicted octanol–water partition coefficient (Wildman–Crippen LogP) is 4.78. The van der Waals surface area contributed by atoms with Gasteiger partial charge in [-0.15, -0.1) is 11.3 Å². The van der Waals surface area contributed by atoms with Gasteiger partial charge in [0.1, 0.15) is 5.75 Å². The number of fused-ring (bicyclic) bond motifs is 3. The van der Waals surface area contributed by atoms with Crippen LogP contribution in [0.4, 0.5) is 0 Å². The van der Waals surface area contributed by atoms with E-state index in [1.807, 2.05) is 41.8 Å². The molecule has 0 bridgehead atoms. The fourth-order valence-electron chi connectivity index (χ4n) is 4.70. The zero-order valence-electron chi connectivity index (χ0n) is 18.2. The van der Waals surface area contributed by atoms with E-state index >= 15 is 0 Å². The normalized spacial score (nSPS) is 17.2. The van der Waals surface area contributed by atoms with E-state index in [0.717, 1.165) is 34.7 Å². The van der Waals surface area contributed by atoms with Crippen LogP contribution in [-0.2, 0) is 6.42 Å². The molecule has 3 heterocycles. The topological polar surface area (TPSA) is 43.6 Å². The van der Waals surface area contributed by atoms with E-state index in [0.29, 0.717) is 11.1 Å². The molecule has 1 unspecified atom stereocenters.